The molecule has 0 spiro atoms. The summed E-state index contributed by atoms with van der Waals surface area (Å²) in [4.78, 5) is 20.5. The van der Waals surface area contributed by atoms with E-state index in [2.05, 4.69) is 21.7 Å². The van der Waals surface area contributed by atoms with Crippen LogP contribution in [-0.2, 0) is 48.5 Å². The van der Waals surface area contributed by atoms with Crippen molar-refractivity contribution < 1.29 is 46.4 Å². The highest BCUT2D eigenvalue weighted by atomic mass is 32.2. The lowest BCUT2D eigenvalue weighted by Crippen LogP contribution is -2.51. The highest BCUT2D eigenvalue weighted by Crippen LogP contribution is 2.40. The van der Waals surface area contributed by atoms with E-state index in [0.717, 1.165) is 17.8 Å². The Labute approximate surface area is 333 Å². The number of imidazole rings is 1. The molecule has 57 heavy (non-hydrogen) atoms. The molecule has 5 heterocycles. The molecule has 5 atom stereocenters. The summed E-state index contributed by atoms with van der Waals surface area (Å²) in [7, 11) is -4.03. The van der Waals surface area contributed by atoms with Crippen LogP contribution in [-0.4, -0.2) is 96.6 Å². The number of rotatable bonds is 14. The lowest BCUT2D eigenvalue weighted by molar-refractivity contribution is -0.0911. The summed E-state index contributed by atoms with van der Waals surface area (Å²) in [6, 6.07) is 21.9. The Morgan fingerprint density at radius 1 is 1.00 bits per heavy atom. The average molecular weight is 803 g/mol. The molecule has 1 aromatic heterocycles. The second kappa shape index (κ2) is 16.3. The van der Waals surface area contributed by atoms with Crippen LogP contribution in [0, 0.1) is 11.8 Å². The van der Waals surface area contributed by atoms with E-state index in [-0.39, 0.29) is 56.1 Å². The van der Waals surface area contributed by atoms with Crippen molar-refractivity contribution in [3.8, 4) is 17.2 Å². The molecule has 15 heteroatoms. The molecule has 4 aromatic rings. The van der Waals surface area contributed by atoms with E-state index < -0.39 is 40.1 Å². The van der Waals surface area contributed by atoms with Gasteiger partial charge in [0.05, 0.1) is 36.2 Å². The number of ether oxygens (including phenoxy) is 7. The van der Waals surface area contributed by atoms with Crippen LogP contribution in [0.1, 0.15) is 51.1 Å². The lowest BCUT2D eigenvalue weighted by Gasteiger charge is -2.34. The number of hydrogen-bond donors (Lipinski definition) is 0. The molecule has 0 aliphatic carbocycles. The molecule has 8 rings (SSSR count). The van der Waals surface area contributed by atoms with Crippen LogP contribution in [0.15, 0.2) is 90.1 Å². The van der Waals surface area contributed by atoms with Crippen molar-refractivity contribution in [2.24, 2.45) is 11.8 Å². The van der Waals surface area contributed by atoms with Crippen molar-refractivity contribution >= 4 is 16.1 Å². The van der Waals surface area contributed by atoms with Gasteiger partial charge in [-0.2, -0.15) is 4.31 Å². The van der Waals surface area contributed by atoms with Crippen LogP contribution in [0.5, 0.6) is 17.2 Å². The lowest BCUT2D eigenvalue weighted by atomic mass is 9.99. The van der Waals surface area contributed by atoms with Gasteiger partial charge in [-0.25, -0.2) is 18.2 Å². The molecule has 3 unspecified atom stereocenters. The van der Waals surface area contributed by atoms with E-state index in [9.17, 15) is 13.2 Å². The SMILES string of the molecule is CC(C)CN(C[C@H]1OC(C)(C)N(C(=O)OC2COC3OCCC23)[C@H]1Cc1ccc(OCc2nccn2Cc2ccccc2)cc1)S(=O)(=O)c1ccc2c(c1)OCO2. The highest BCUT2D eigenvalue weighted by molar-refractivity contribution is 7.89. The maximum atomic E-state index is 14.4. The minimum absolute atomic E-state index is 0.00407. The Morgan fingerprint density at radius 2 is 1.79 bits per heavy atom. The molecule has 4 aliphatic rings. The van der Waals surface area contributed by atoms with Gasteiger partial charge < -0.3 is 37.7 Å². The fourth-order valence-corrected chi connectivity index (χ4v) is 9.75. The van der Waals surface area contributed by atoms with E-state index in [4.69, 9.17) is 33.2 Å². The molecule has 0 radical (unpaired) electrons. The smallest absolute Gasteiger partial charge is 0.412 e. The Bertz CT molecular complexity index is 2130. The second-order valence-corrected chi connectivity index (χ2v) is 17.8. The van der Waals surface area contributed by atoms with Gasteiger partial charge in [-0.1, -0.05) is 56.3 Å². The minimum atomic E-state index is -4.03. The summed E-state index contributed by atoms with van der Waals surface area (Å²) in [5.41, 5.74) is 0.945. The topological polar surface area (TPSA) is 140 Å². The molecule has 4 aliphatic heterocycles. The number of carbonyl (C=O) groups excluding carboxylic acids is 1. The molecular formula is C42H50N4O10S. The molecule has 0 saturated carbocycles. The van der Waals surface area contributed by atoms with Gasteiger partial charge in [-0.15, -0.1) is 0 Å². The van der Waals surface area contributed by atoms with Crippen LogP contribution in [0.4, 0.5) is 4.79 Å². The number of aromatic nitrogens is 2. The van der Waals surface area contributed by atoms with Gasteiger partial charge in [0, 0.05) is 38.1 Å². The first-order chi connectivity index (χ1) is 27.4. The first-order valence-corrected chi connectivity index (χ1v) is 20.9. The zero-order valence-corrected chi connectivity index (χ0v) is 33.5. The second-order valence-electron chi connectivity index (χ2n) is 15.8. The fourth-order valence-electron chi connectivity index (χ4n) is 8.12. The van der Waals surface area contributed by atoms with Gasteiger partial charge in [-0.3, -0.25) is 4.90 Å². The standard InChI is InChI=1S/C42H50N4O10S/c1-28(2)22-45(57(48,49)32-14-15-35-36(21-32)54-27-53-35)24-37-34(46(42(3,4)56-37)41(47)55-38-25-52-40-33(38)16-19-50-40)20-29-10-12-31(13-11-29)51-26-39-43-17-18-44(39)23-30-8-6-5-7-9-30/h5-15,17-18,21,28,33-34,37-38,40H,16,19-20,22-27H2,1-4H3/t33?,34-,37+,38?,40?/m0/s1. The third-order valence-electron chi connectivity index (χ3n) is 10.9. The molecule has 304 valence electrons. The molecule has 14 nitrogen and oxygen atoms in total. The summed E-state index contributed by atoms with van der Waals surface area (Å²) < 4.78 is 73.6. The van der Waals surface area contributed by atoms with E-state index in [0.29, 0.717) is 36.8 Å². The third-order valence-corrected chi connectivity index (χ3v) is 12.7. The van der Waals surface area contributed by atoms with Crippen LogP contribution >= 0.6 is 0 Å². The molecule has 3 fully saturated rings. The molecule has 3 saturated heterocycles. The predicted molar refractivity (Wildman–Crippen MR) is 207 cm³/mol. The number of benzene rings is 3. The van der Waals surface area contributed by atoms with Gasteiger partial charge >= 0.3 is 6.09 Å². The number of hydrogen-bond acceptors (Lipinski definition) is 11. The van der Waals surface area contributed by atoms with Crippen LogP contribution in [0.25, 0.3) is 0 Å². The number of fused-ring (bicyclic) bond motifs is 2. The Hall–Kier alpha value is -4.67. The van der Waals surface area contributed by atoms with Crippen molar-refractivity contribution in [3.63, 3.8) is 0 Å². The van der Waals surface area contributed by atoms with E-state index >= 15 is 0 Å². The maximum absolute atomic E-state index is 14.4. The van der Waals surface area contributed by atoms with Gasteiger partial charge in [0.15, 0.2) is 17.8 Å². The number of carbonyl (C=O) groups is 1. The monoisotopic (exact) mass is 802 g/mol. The van der Waals surface area contributed by atoms with Crippen molar-refractivity contribution in [1.82, 2.24) is 18.8 Å². The van der Waals surface area contributed by atoms with E-state index in [1.54, 1.807) is 17.2 Å². The normalized spacial score (nSPS) is 23.7. The predicted octanol–water partition coefficient (Wildman–Crippen LogP) is 5.83. The summed E-state index contributed by atoms with van der Waals surface area (Å²) in [5.74, 6) is 2.28. The van der Waals surface area contributed by atoms with Crippen molar-refractivity contribution in [2.75, 3.05) is 33.1 Å². The number of amides is 1. The van der Waals surface area contributed by atoms with Crippen molar-refractivity contribution in [1.29, 1.82) is 0 Å². The maximum Gasteiger partial charge on any atom is 0.412 e. The summed E-state index contributed by atoms with van der Waals surface area (Å²) in [5, 5.41) is 0. The summed E-state index contributed by atoms with van der Waals surface area (Å²) in [6.07, 6.45) is 2.70. The van der Waals surface area contributed by atoms with E-state index in [1.165, 1.54) is 22.0 Å². The van der Waals surface area contributed by atoms with Crippen molar-refractivity contribution in [2.45, 2.75) is 88.8 Å². The van der Waals surface area contributed by atoms with Gasteiger partial charge in [0.25, 0.3) is 0 Å². The highest BCUT2D eigenvalue weighted by Gasteiger charge is 2.53. The third kappa shape index (κ3) is 8.49. The first kappa shape index (κ1) is 39.2. The van der Waals surface area contributed by atoms with Gasteiger partial charge in [0.1, 0.15) is 30.0 Å². The van der Waals surface area contributed by atoms with E-state index in [1.807, 2.05) is 76.4 Å². The first-order valence-electron chi connectivity index (χ1n) is 19.5. The minimum Gasteiger partial charge on any atom is -0.486 e. The van der Waals surface area contributed by atoms with Crippen LogP contribution < -0.4 is 14.2 Å². The summed E-state index contributed by atoms with van der Waals surface area (Å²) in [6.45, 7) is 9.57. The zero-order valence-electron chi connectivity index (χ0n) is 32.7. The summed E-state index contributed by atoms with van der Waals surface area (Å²) >= 11 is 0. The molecule has 1 amide bonds. The number of sulfonamides is 1. The molecular weight excluding hydrogens is 753 g/mol. The molecule has 0 bridgehead atoms. The Balaban J connectivity index is 1.03. The Kier molecular flexibility index (Phi) is 11.2. The fraction of sp³-hybridized carbons (Fsp3) is 0.476. The van der Waals surface area contributed by atoms with Crippen LogP contribution in [0.2, 0.25) is 0 Å². The quantitative estimate of drug-likeness (QED) is 0.152. The molecule has 3 aromatic carbocycles. The zero-order chi connectivity index (χ0) is 39.7. The van der Waals surface area contributed by atoms with Gasteiger partial charge in [0.2, 0.25) is 16.8 Å². The average Bonchev–Trinajstić information content (AvgIpc) is 4.02. The largest absolute Gasteiger partial charge is 0.486 e. The van der Waals surface area contributed by atoms with Gasteiger partial charge in [-0.05, 0) is 68.0 Å². The Morgan fingerprint density at radius 3 is 2.58 bits per heavy atom. The van der Waals surface area contributed by atoms with Crippen LogP contribution in [0.3, 0.4) is 0 Å². The number of nitrogens with zero attached hydrogens (tertiary/aromatic N) is 4. The van der Waals surface area contributed by atoms with Crippen molar-refractivity contribution in [3.05, 3.63) is 102 Å². The molecule has 0 N–H and O–H groups in total.